The van der Waals surface area contributed by atoms with Crippen LogP contribution in [-0.4, -0.2) is 33.0 Å². The van der Waals surface area contributed by atoms with Crippen molar-refractivity contribution in [2.75, 3.05) is 16.9 Å². The first-order valence-electron chi connectivity index (χ1n) is 10.1. The first-order valence-corrected chi connectivity index (χ1v) is 11.8. The summed E-state index contributed by atoms with van der Waals surface area (Å²) in [4.78, 5) is 49.8. The van der Waals surface area contributed by atoms with Gasteiger partial charge in [0.1, 0.15) is 11.2 Å². The molecule has 0 unspecified atom stereocenters. The number of carbonyl (C=O) groups excluding carboxylic acids is 2. The van der Waals surface area contributed by atoms with Crippen LogP contribution in [0, 0.1) is 6.92 Å². The van der Waals surface area contributed by atoms with Crippen molar-refractivity contribution in [2.45, 2.75) is 26.2 Å². The van der Waals surface area contributed by atoms with Crippen LogP contribution in [0.2, 0.25) is 0 Å². The summed E-state index contributed by atoms with van der Waals surface area (Å²) in [5.74, 6) is -0.326. The van der Waals surface area contributed by atoms with E-state index in [2.05, 4.69) is 15.4 Å². The Hall–Kier alpha value is -3.37. The van der Waals surface area contributed by atoms with Crippen LogP contribution in [0.5, 0.6) is 0 Å². The number of aryl methyl sites for hydroxylation is 1. The molecule has 32 heavy (non-hydrogen) atoms. The van der Waals surface area contributed by atoms with Crippen LogP contribution in [0.1, 0.15) is 23.4 Å². The lowest BCUT2D eigenvalue weighted by Gasteiger charge is -2.10. The number of thiazole rings is 1. The molecule has 2 amide bonds. The van der Waals surface area contributed by atoms with E-state index < -0.39 is 0 Å². The van der Waals surface area contributed by atoms with E-state index in [0.29, 0.717) is 34.0 Å². The van der Waals surface area contributed by atoms with Gasteiger partial charge in [-0.15, -0.1) is 22.7 Å². The molecule has 1 saturated heterocycles. The highest BCUT2D eigenvalue weighted by Gasteiger charge is 2.24. The predicted molar refractivity (Wildman–Crippen MR) is 126 cm³/mol. The van der Waals surface area contributed by atoms with Gasteiger partial charge in [0.2, 0.25) is 11.8 Å². The summed E-state index contributed by atoms with van der Waals surface area (Å²) < 4.78 is 1.13. The third-order valence-corrected chi connectivity index (χ3v) is 7.21. The molecule has 5 rings (SSSR count). The summed E-state index contributed by atoms with van der Waals surface area (Å²) in [6.07, 6.45) is 2.68. The third kappa shape index (κ3) is 3.71. The lowest BCUT2D eigenvalue weighted by Crippen LogP contribution is -2.34. The van der Waals surface area contributed by atoms with Crippen molar-refractivity contribution in [3.8, 4) is 11.1 Å². The molecule has 4 aromatic rings. The van der Waals surface area contributed by atoms with Crippen molar-refractivity contribution in [3.05, 3.63) is 63.0 Å². The quantitative estimate of drug-likeness (QED) is 0.488. The van der Waals surface area contributed by atoms with E-state index in [1.165, 1.54) is 29.0 Å². The van der Waals surface area contributed by atoms with Gasteiger partial charge < -0.3 is 0 Å². The molecule has 0 radical (unpaired) electrons. The second-order valence-electron chi connectivity index (χ2n) is 7.48. The zero-order valence-corrected chi connectivity index (χ0v) is 18.8. The number of rotatable bonds is 5. The normalized spacial score (nSPS) is 13.8. The Bertz CT molecular complexity index is 1390. The number of benzene rings is 1. The number of hydrogen-bond acceptors (Lipinski definition) is 7. The Labute approximate surface area is 191 Å². The number of amides is 2. The fraction of sp³-hybridized carbons (Fsp3) is 0.227. The minimum absolute atomic E-state index is 0.00276. The SMILES string of the molecule is Cc1sc2ncn(NC(=O)Cc3csc(N4CCCC4=O)n3)c(=O)c2c1-c1ccccc1. The molecule has 10 heteroatoms. The first kappa shape index (κ1) is 20.5. The third-order valence-electron chi connectivity index (χ3n) is 5.28. The van der Waals surface area contributed by atoms with Gasteiger partial charge in [0.05, 0.1) is 17.5 Å². The molecule has 1 fully saturated rings. The topological polar surface area (TPSA) is 97.2 Å². The number of anilines is 1. The number of thiophene rings is 1. The number of aromatic nitrogens is 3. The highest BCUT2D eigenvalue weighted by atomic mass is 32.1. The van der Waals surface area contributed by atoms with Crippen molar-refractivity contribution in [1.29, 1.82) is 0 Å². The van der Waals surface area contributed by atoms with Gasteiger partial charge in [-0.3, -0.25) is 24.7 Å². The second kappa shape index (κ2) is 8.29. The first-order chi connectivity index (χ1) is 15.5. The molecule has 0 saturated carbocycles. The summed E-state index contributed by atoms with van der Waals surface area (Å²) in [7, 11) is 0. The van der Waals surface area contributed by atoms with Crippen LogP contribution in [0.3, 0.4) is 0 Å². The highest BCUT2D eigenvalue weighted by molar-refractivity contribution is 7.19. The molecule has 4 heterocycles. The van der Waals surface area contributed by atoms with Crippen molar-refractivity contribution in [3.63, 3.8) is 0 Å². The van der Waals surface area contributed by atoms with Gasteiger partial charge in [-0.05, 0) is 18.9 Å². The van der Waals surface area contributed by atoms with E-state index in [0.717, 1.165) is 27.1 Å². The zero-order valence-electron chi connectivity index (χ0n) is 17.2. The van der Waals surface area contributed by atoms with Crippen LogP contribution in [0.4, 0.5) is 5.13 Å². The summed E-state index contributed by atoms with van der Waals surface area (Å²) in [5, 5.41) is 2.86. The summed E-state index contributed by atoms with van der Waals surface area (Å²) in [6.45, 7) is 2.62. The smallest absolute Gasteiger partial charge is 0.281 e. The van der Waals surface area contributed by atoms with Crippen LogP contribution < -0.4 is 15.9 Å². The van der Waals surface area contributed by atoms with Crippen molar-refractivity contribution < 1.29 is 9.59 Å². The van der Waals surface area contributed by atoms with Crippen LogP contribution in [0.25, 0.3) is 21.3 Å². The Morgan fingerprint density at radius 2 is 2.03 bits per heavy atom. The largest absolute Gasteiger partial charge is 0.288 e. The summed E-state index contributed by atoms with van der Waals surface area (Å²) in [6, 6.07) is 9.68. The number of carbonyl (C=O) groups is 2. The lowest BCUT2D eigenvalue weighted by molar-refractivity contribution is -0.117. The number of nitrogens with zero attached hydrogens (tertiary/aromatic N) is 4. The van der Waals surface area contributed by atoms with Crippen molar-refractivity contribution in [2.24, 2.45) is 0 Å². The van der Waals surface area contributed by atoms with Gasteiger partial charge in [0.15, 0.2) is 5.13 Å². The van der Waals surface area contributed by atoms with Crippen molar-refractivity contribution >= 4 is 49.8 Å². The molecule has 3 aromatic heterocycles. The molecule has 0 aliphatic carbocycles. The fourth-order valence-corrected chi connectivity index (χ4v) is 5.70. The maximum atomic E-state index is 13.2. The van der Waals surface area contributed by atoms with Gasteiger partial charge in [0, 0.05) is 28.8 Å². The molecule has 0 spiro atoms. The van der Waals surface area contributed by atoms with Crippen molar-refractivity contribution in [1.82, 2.24) is 14.6 Å². The summed E-state index contributed by atoms with van der Waals surface area (Å²) in [5.41, 5.74) is 4.62. The summed E-state index contributed by atoms with van der Waals surface area (Å²) >= 11 is 2.80. The average Bonchev–Trinajstić information content (AvgIpc) is 3.49. The molecule has 1 aliphatic heterocycles. The Morgan fingerprint density at radius 1 is 1.22 bits per heavy atom. The average molecular weight is 466 g/mol. The fourth-order valence-electron chi connectivity index (χ4n) is 3.82. The van der Waals surface area contributed by atoms with E-state index >= 15 is 0 Å². The highest BCUT2D eigenvalue weighted by Crippen LogP contribution is 2.35. The van der Waals surface area contributed by atoms with E-state index in [9.17, 15) is 14.4 Å². The van der Waals surface area contributed by atoms with Gasteiger partial charge in [0.25, 0.3) is 5.56 Å². The van der Waals surface area contributed by atoms with E-state index in [1.807, 2.05) is 37.3 Å². The maximum absolute atomic E-state index is 13.2. The lowest BCUT2D eigenvalue weighted by atomic mass is 10.0. The zero-order chi connectivity index (χ0) is 22.2. The Kier molecular flexibility index (Phi) is 5.32. The van der Waals surface area contributed by atoms with Gasteiger partial charge in [-0.1, -0.05) is 30.3 Å². The molecule has 0 atom stereocenters. The van der Waals surface area contributed by atoms with Crippen LogP contribution in [0.15, 0.2) is 46.8 Å². The number of fused-ring (bicyclic) bond motifs is 1. The maximum Gasteiger partial charge on any atom is 0.281 e. The molecule has 0 bridgehead atoms. The Morgan fingerprint density at radius 3 is 2.78 bits per heavy atom. The molecular weight excluding hydrogens is 446 g/mol. The molecule has 1 aliphatic rings. The minimum atomic E-state index is -0.383. The second-order valence-corrected chi connectivity index (χ2v) is 9.52. The van der Waals surface area contributed by atoms with Gasteiger partial charge >= 0.3 is 0 Å². The van der Waals surface area contributed by atoms with Gasteiger partial charge in [-0.2, -0.15) is 0 Å². The molecule has 8 nitrogen and oxygen atoms in total. The molecule has 1 aromatic carbocycles. The number of nitrogens with one attached hydrogen (secondary N) is 1. The standard InChI is InChI=1S/C22H19N5O3S2/c1-13-18(14-6-3-2-4-7-14)19-20(32-13)23-12-27(21(19)30)25-16(28)10-15-11-31-22(24-15)26-9-5-8-17(26)29/h2-4,6-7,11-12H,5,8-10H2,1H3,(H,25,28). The van der Waals surface area contributed by atoms with Gasteiger partial charge in [-0.25, -0.2) is 14.6 Å². The van der Waals surface area contributed by atoms with E-state index in [1.54, 1.807) is 10.3 Å². The Balaban J connectivity index is 1.39. The van der Waals surface area contributed by atoms with Crippen LogP contribution >= 0.6 is 22.7 Å². The molecular formula is C22H19N5O3S2. The van der Waals surface area contributed by atoms with E-state index in [4.69, 9.17) is 0 Å². The van der Waals surface area contributed by atoms with E-state index in [-0.39, 0.29) is 23.8 Å². The monoisotopic (exact) mass is 465 g/mol. The number of hydrogen-bond donors (Lipinski definition) is 1. The van der Waals surface area contributed by atoms with Crippen LogP contribution in [-0.2, 0) is 16.0 Å². The minimum Gasteiger partial charge on any atom is -0.288 e. The molecule has 1 N–H and O–H groups in total. The molecule has 162 valence electrons. The predicted octanol–water partition coefficient (Wildman–Crippen LogP) is 3.33.